The lowest BCUT2D eigenvalue weighted by Gasteiger charge is -2.13. The lowest BCUT2D eigenvalue weighted by molar-refractivity contribution is 0.275. The Balaban J connectivity index is 2.09. The van der Waals surface area contributed by atoms with Crippen LogP contribution in [-0.4, -0.2) is 10.1 Å². The zero-order valence-corrected chi connectivity index (χ0v) is 12.1. The van der Waals surface area contributed by atoms with Gasteiger partial charge < -0.3 is 9.84 Å². The zero-order valence-electron chi connectivity index (χ0n) is 12.1. The summed E-state index contributed by atoms with van der Waals surface area (Å²) in [7, 11) is 0. The van der Waals surface area contributed by atoms with Crippen molar-refractivity contribution < 1.29 is 9.84 Å². The summed E-state index contributed by atoms with van der Waals surface area (Å²) in [6.45, 7) is 3.96. The molecule has 1 aromatic heterocycles. The third-order valence-corrected chi connectivity index (χ3v) is 3.70. The predicted octanol–water partition coefficient (Wildman–Crippen LogP) is 4.14. The summed E-state index contributed by atoms with van der Waals surface area (Å²) in [4.78, 5) is 4.53. The van der Waals surface area contributed by atoms with Crippen LogP contribution in [0.25, 0.3) is 10.9 Å². The molecule has 3 aromatic rings. The molecule has 106 valence electrons. The van der Waals surface area contributed by atoms with Crippen LogP contribution >= 0.6 is 0 Å². The second kappa shape index (κ2) is 5.54. The molecule has 0 unspecified atom stereocenters. The van der Waals surface area contributed by atoms with Crippen LogP contribution in [0.15, 0.2) is 48.5 Å². The third-order valence-electron chi connectivity index (χ3n) is 3.70. The minimum absolute atomic E-state index is 0.0992. The van der Waals surface area contributed by atoms with Gasteiger partial charge in [-0.1, -0.05) is 30.3 Å². The van der Waals surface area contributed by atoms with Gasteiger partial charge >= 0.3 is 0 Å². The summed E-state index contributed by atoms with van der Waals surface area (Å²) >= 11 is 0. The molecule has 0 bridgehead atoms. The average Bonchev–Trinajstić information content (AvgIpc) is 2.51. The lowest BCUT2D eigenvalue weighted by atomic mass is 10.1. The lowest BCUT2D eigenvalue weighted by Crippen LogP contribution is -1.97. The van der Waals surface area contributed by atoms with E-state index in [1.165, 1.54) is 5.56 Å². The van der Waals surface area contributed by atoms with E-state index in [0.29, 0.717) is 11.4 Å². The van der Waals surface area contributed by atoms with Crippen molar-refractivity contribution in [3.05, 3.63) is 65.2 Å². The Labute approximate surface area is 123 Å². The van der Waals surface area contributed by atoms with Crippen molar-refractivity contribution in [3.63, 3.8) is 0 Å². The molecule has 21 heavy (non-hydrogen) atoms. The Hall–Kier alpha value is -2.39. The number of rotatable bonds is 3. The molecule has 0 saturated heterocycles. The van der Waals surface area contributed by atoms with Crippen LogP contribution in [0.1, 0.15) is 16.7 Å². The van der Waals surface area contributed by atoms with Gasteiger partial charge in [-0.25, -0.2) is 4.98 Å². The summed E-state index contributed by atoms with van der Waals surface area (Å²) in [5, 5.41) is 10.6. The molecule has 0 aliphatic rings. The molecule has 2 aromatic carbocycles. The maximum Gasteiger partial charge on any atom is 0.225 e. The molecule has 0 amide bonds. The molecule has 0 radical (unpaired) electrons. The van der Waals surface area contributed by atoms with Gasteiger partial charge in [0.15, 0.2) is 0 Å². The molecule has 3 nitrogen and oxygen atoms in total. The number of hydrogen-bond acceptors (Lipinski definition) is 3. The normalized spacial score (nSPS) is 10.8. The largest absolute Gasteiger partial charge is 0.438 e. The van der Waals surface area contributed by atoms with E-state index in [1.807, 2.05) is 62.4 Å². The van der Waals surface area contributed by atoms with Crippen LogP contribution in [0.3, 0.4) is 0 Å². The number of ether oxygens (including phenoxy) is 1. The average molecular weight is 279 g/mol. The summed E-state index contributed by atoms with van der Waals surface area (Å²) in [6, 6.07) is 15.6. The SMILES string of the molecule is Cc1cccc(Oc2nc3ccccc3cc2CO)c1C. The first-order valence-corrected chi connectivity index (χ1v) is 6.92. The highest BCUT2D eigenvalue weighted by Gasteiger charge is 2.10. The van der Waals surface area contributed by atoms with E-state index in [9.17, 15) is 5.11 Å². The Bertz CT molecular complexity index is 796. The monoisotopic (exact) mass is 279 g/mol. The predicted molar refractivity (Wildman–Crippen MR) is 83.7 cm³/mol. The van der Waals surface area contributed by atoms with E-state index in [0.717, 1.165) is 22.2 Å². The number of aryl methyl sites for hydroxylation is 1. The van der Waals surface area contributed by atoms with Crippen molar-refractivity contribution in [2.45, 2.75) is 20.5 Å². The van der Waals surface area contributed by atoms with E-state index in [1.54, 1.807) is 0 Å². The van der Waals surface area contributed by atoms with Gasteiger partial charge in [-0.3, -0.25) is 0 Å². The Kier molecular flexibility index (Phi) is 3.59. The summed E-state index contributed by atoms with van der Waals surface area (Å²) < 4.78 is 5.95. The van der Waals surface area contributed by atoms with Crippen LogP contribution < -0.4 is 4.74 Å². The number of aliphatic hydroxyl groups excluding tert-OH is 1. The van der Waals surface area contributed by atoms with Gasteiger partial charge in [-0.15, -0.1) is 0 Å². The zero-order chi connectivity index (χ0) is 14.8. The molecule has 0 aliphatic carbocycles. The fourth-order valence-electron chi connectivity index (χ4n) is 2.28. The second-order valence-electron chi connectivity index (χ2n) is 5.10. The van der Waals surface area contributed by atoms with E-state index in [-0.39, 0.29) is 6.61 Å². The van der Waals surface area contributed by atoms with Gasteiger partial charge in [-0.05, 0) is 43.2 Å². The van der Waals surface area contributed by atoms with Crippen LogP contribution in [-0.2, 0) is 6.61 Å². The Morgan fingerprint density at radius 1 is 1.05 bits per heavy atom. The molecule has 0 atom stereocenters. The van der Waals surface area contributed by atoms with E-state index < -0.39 is 0 Å². The van der Waals surface area contributed by atoms with Crippen molar-refractivity contribution in [3.8, 4) is 11.6 Å². The molecule has 0 fully saturated rings. The standard InChI is InChI=1S/C18H17NO2/c1-12-6-5-9-17(13(12)2)21-18-15(11-20)10-14-7-3-4-8-16(14)19-18/h3-10,20H,11H2,1-2H3. The first kappa shape index (κ1) is 13.6. The molecule has 0 saturated carbocycles. The van der Waals surface area contributed by atoms with Crippen molar-refractivity contribution >= 4 is 10.9 Å². The van der Waals surface area contributed by atoms with Crippen LogP contribution in [0, 0.1) is 13.8 Å². The summed E-state index contributed by atoms with van der Waals surface area (Å²) in [5.41, 5.74) is 3.79. The Morgan fingerprint density at radius 3 is 2.67 bits per heavy atom. The van der Waals surface area contributed by atoms with E-state index in [2.05, 4.69) is 4.98 Å². The van der Waals surface area contributed by atoms with Gasteiger partial charge in [-0.2, -0.15) is 0 Å². The molecule has 3 heteroatoms. The number of aromatic nitrogens is 1. The molecule has 0 spiro atoms. The minimum Gasteiger partial charge on any atom is -0.438 e. The highest BCUT2D eigenvalue weighted by Crippen LogP contribution is 2.30. The molecule has 0 aliphatic heterocycles. The van der Waals surface area contributed by atoms with Crippen LogP contribution in [0.5, 0.6) is 11.6 Å². The van der Waals surface area contributed by atoms with Gasteiger partial charge in [0.2, 0.25) is 5.88 Å². The van der Waals surface area contributed by atoms with Crippen molar-refractivity contribution in [1.82, 2.24) is 4.98 Å². The number of aliphatic hydroxyl groups is 1. The molecule has 3 rings (SSSR count). The molecular formula is C18H17NO2. The summed E-state index contributed by atoms with van der Waals surface area (Å²) in [5.74, 6) is 1.23. The smallest absolute Gasteiger partial charge is 0.225 e. The molecular weight excluding hydrogens is 262 g/mol. The van der Waals surface area contributed by atoms with Gasteiger partial charge in [0.1, 0.15) is 5.75 Å². The van der Waals surface area contributed by atoms with Crippen LogP contribution in [0.4, 0.5) is 0 Å². The number of benzene rings is 2. The topological polar surface area (TPSA) is 42.4 Å². The van der Waals surface area contributed by atoms with E-state index in [4.69, 9.17) is 4.74 Å². The molecule has 1 heterocycles. The van der Waals surface area contributed by atoms with Crippen molar-refractivity contribution in [1.29, 1.82) is 0 Å². The Morgan fingerprint density at radius 2 is 1.86 bits per heavy atom. The fourth-order valence-corrected chi connectivity index (χ4v) is 2.28. The maximum atomic E-state index is 9.56. The number of fused-ring (bicyclic) bond motifs is 1. The van der Waals surface area contributed by atoms with Gasteiger partial charge in [0, 0.05) is 10.9 Å². The van der Waals surface area contributed by atoms with Crippen molar-refractivity contribution in [2.75, 3.05) is 0 Å². The first-order valence-electron chi connectivity index (χ1n) is 6.92. The summed E-state index contributed by atoms with van der Waals surface area (Å²) in [6.07, 6.45) is 0. The minimum atomic E-state index is -0.0992. The first-order chi connectivity index (χ1) is 10.2. The molecule has 1 N–H and O–H groups in total. The number of nitrogens with zero attached hydrogens (tertiary/aromatic N) is 1. The number of pyridine rings is 1. The third kappa shape index (κ3) is 2.60. The van der Waals surface area contributed by atoms with Gasteiger partial charge in [0.05, 0.1) is 12.1 Å². The van der Waals surface area contributed by atoms with E-state index >= 15 is 0 Å². The van der Waals surface area contributed by atoms with Crippen LogP contribution in [0.2, 0.25) is 0 Å². The van der Waals surface area contributed by atoms with Crippen molar-refractivity contribution in [2.24, 2.45) is 0 Å². The fraction of sp³-hybridized carbons (Fsp3) is 0.167. The highest BCUT2D eigenvalue weighted by atomic mass is 16.5. The highest BCUT2D eigenvalue weighted by molar-refractivity contribution is 5.80. The quantitative estimate of drug-likeness (QED) is 0.783. The number of hydrogen-bond donors (Lipinski definition) is 1. The number of para-hydroxylation sites is 1. The van der Waals surface area contributed by atoms with Gasteiger partial charge in [0.25, 0.3) is 0 Å². The second-order valence-corrected chi connectivity index (χ2v) is 5.10. The maximum absolute atomic E-state index is 9.56.